The zero-order valence-electron chi connectivity index (χ0n) is 13.6. The molecule has 24 heavy (non-hydrogen) atoms. The van der Waals surface area contributed by atoms with Crippen molar-refractivity contribution >= 4 is 23.1 Å². The van der Waals surface area contributed by atoms with Crippen molar-refractivity contribution in [3.63, 3.8) is 0 Å². The van der Waals surface area contributed by atoms with Gasteiger partial charge in [0, 0.05) is 29.3 Å². The molecule has 2 heterocycles. The van der Waals surface area contributed by atoms with E-state index in [0.29, 0.717) is 6.54 Å². The van der Waals surface area contributed by atoms with Crippen molar-refractivity contribution in [2.45, 2.75) is 25.8 Å². The molecular formula is C20H21ClN2O. The van der Waals surface area contributed by atoms with Crippen LogP contribution in [0.4, 0.5) is 5.69 Å². The normalized spacial score (nSPS) is 20.6. The third-order valence-electron chi connectivity index (χ3n) is 5.06. The topological polar surface area (TPSA) is 33.6 Å². The first-order valence-corrected chi connectivity index (χ1v) is 8.85. The molecule has 1 saturated heterocycles. The molecule has 4 rings (SSSR count). The summed E-state index contributed by atoms with van der Waals surface area (Å²) >= 11 is 6.09. The summed E-state index contributed by atoms with van der Waals surface area (Å²) in [5.74, 6) is 1.10. The number of nitrogens with one attached hydrogen (secondary N) is 1. The van der Waals surface area contributed by atoms with E-state index in [1.807, 2.05) is 18.2 Å². The van der Waals surface area contributed by atoms with E-state index in [9.17, 15) is 0 Å². The molecule has 0 unspecified atom stereocenters. The molecule has 3 nitrogen and oxygen atoms in total. The van der Waals surface area contributed by atoms with Crippen LogP contribution in [0.3, 0.4) is 0 Å². The molecule has 0 bridgehead atoms. The van der Waals surface area contributed by atoms with Crippen LogP contribution in [-0.4, -0.2) is 19.0 Å². The number of hydrogen-bond acceptors (Lipinski definition) is 2. The van der Waals surface area contributed by atoms with E-state index in [2.05, 4.69) is 35.6 Å². The molecule has 0 aliphatic carbocycles. The van der Waals surface area contributed by atoms with Gasteiger partial charge in [-0.15, -0.1) is 0 Å². The van der Waals surface area contributed by atoms with Gasteiger partial charge in [-0.2, -0.15) is 0 Å². The van der Waals surface area contributed by atoms with Crippen LogP contribution >= 0.6 is 11.6 Å². The highest BCUT2D eigenvalue weighted by atomic mass is 35.5. The minimum absolute atomic E-state index is 0.0746. The number of benzene rings is 2. The number of halogens is 1. The molecular weight excluding hydrogens is 320 g/mol. The summed E-state index contributed by atoms with van der Waals surface area (Å²) < 4.78 is 5.61. The van der Waals surface area contributed by atoms with Gasteiger partial charge in [0.25, 0.3) is 0 Å². The standard InChI is InChI=1S/C20H21ClN2O/c21-17-6-3-4-15(12-17)14-22-19-20(8-10-24-11-9-20)13-16-5-1-2-7-18(16)23-19/h1-7,12H,8-11,13-14H2,(H,22,23). The van der Waals surface area contributed by atoms with Crippen LogP contribution in [0.1, 0.15) is 24.0 Å². The summed E-state index contributed by atoms with van der Waals surface area (Å²) in [4.78, 5) is 4.96. The molecule has 0 atom stereocenters. The molecule has 4 heteroatoms. The van der Waals surface area contributed by atoms with Crippen LogP contribution in [0.25, 0.3) is 0 Å². The predicted molar refractivity (Wildman–Crippen MR) is 98.8 cm³/mol. The molecule has 2 aliphatic heterocycles. The van der Waals surface area contributed by atoms with Gasteiger partial charge in [0.2, 0.25) is 0 Å². The Balaban J connectivity index is 1.66. The number of fused-ring (bicyclic) bond motifs is 1. The monoisotopic (exact) mass is 340 g/mol. The van der Waals surface area contributed by atoms with E-state index in [4.69, 9.17) is 21.3 Å². The number of hydrogen-bond donors (Lipinski definition) is 1. The van der Waals surface area contributed by atoms with E-state index >= 15 is 0 Å². The van der Waals surface area contributed by atoms with Crippen molar-refractivity contribution in [2.24, 2.45) is 10.4 Å². The molecule has 1 fully saturated rings. The molecule has 2 aromatic rings. The van der Waals surface area contributed by atoms with Crippen LogP contribution in [0.2, 0.25) is 5.02 Å². The number of para-hydroxylation sites is 1. The zero-order valence-corrected chi connectivity index (χ0v) is 14.4. The number of aliphatic imine (C=N–C) groups is 1. The highest BCUT2D eigenvalue weighted by Crippen LogP contribution is 2.41. The van der Waals surface area contributed by atoms with Crippen molar-refractivity contribution in [3.05, 3.63) is 64.7 Å². The van der Waals surface area contributed by atoms with Gasteiger partial charge in [-0.1, -0.05) is 41.9 Å². The number of nitrogens with zero attached hydrogens (tertiary/aromatic N) is 1. The van der Waals surface area contributed by atoms with Crippen LogP contribution in [-0.2, 0) is 17.7 Å². The summed E-state index contributed by atoms with van der Waals surface area (Å²) in [6.45, 7) is 2.26. The van der Waals surface area contributed by atoms with Gasteiger partial charge in [-0.3, -0.25) is 4.99 Å². The van der Waals surface area contributed by atoms with Gasteiger partial charge in [0.15, 0.2) is 0 Å². The number of anilines is 1. The average molecular weight is 341 g/mol. The first kappa shape index (κ1) is 15.7. The molecule has 2 aliphatic rings. The van der Waals surface area contributed by atoms with Crippen molar-refractivity contribution in [2.75, 3.05) is 18.5 Å². The Morgan fingerprint density at radius 3 is 2.75 bits per heavy atom. The fourth-order valence-corrected chi connectivity index (χ4v) is 3.91. The number of ether oxygens (including phenoxy) is 1. The first-order chi connectivity index (χ1) is 11.8. The van der Waals surface area contributed by atoms with Gasteiger partial charge < -0.3 is 10.1 Å². The Hall–Kier alpha value is -1.84. The van der Waals surface area contributed by atoms with Crippen molar-refractivity contribution < 1.29 is 4.74 Å². The Labute approximate surface area is 147 Å². The molecule has 2 aromatic carbocycles. The van der Waals surface area contributed by atoms with Crippen LogP contribution in [0.5, 0.6) is 0 Å². The molecule has 0 saturated carbocycles. The van der Waals surface area contributed by atoms with Gasteiger partial charge in [0.05, 0.1) is 6.54 Å². The van der Waals surface area contributed by atoms with E-state index in [1.54, 1.807) is 0 Å². The Morgan fingerprint density at radius 2 is 1.92 bits per heavy atom. The van der Waals surface area contributed by atoms with Crippen molar-refractivity contribution in [1.82, 2.24) is 0 Å². The summed E-state index contributed by atoms with van der Waals surface area (Å²) in [6, 6.07) is 16.5. The molecule has 0 amide bonds. The molecule has 0 radical (unpaired) electrons. The lowest BCUT2D eigenvalue weighted by atomic mass is 9.71. The maximum absolute atomic E-state index is 6.09. The van der Waals surface area contributed by atoms with Gasteiger partial charge >= 0.3 is 0 Å². The van der Waals surface area contributed by atoms with Gasteiger partial charge in [-0.25, -0.2) is 0 Å². The minimum atomic E-state index is 0.0746. The van der Waals surface area contributed by atoms with Crippen LogP contribution < -0.4 is 5.32 Å². The summed E-state index contributed by atoms with van der Waals surface area (Å²) in [5.41, 5.74) is 3.77. The lowest BCUT2D eigenvalue weighted by Crippen LogP contribution is -2.45. The fraction of sp³-hybridized carbons (Fsp3) is 0.350. The highest BCUT2D eigenvalue weighted by molar-refractivity contribution is 6.30. The van der Waals surface area contributed by atoms with E-state index in [1.165, 1.54) is 11.3 Å². The third kappa shape index (κ3) is 3.06. The lowest BCUT2D eigenvalue weighted by molar-refractivity contribution is 0.0448. The van der Waals surface area contributed by atoms with Crippen molar-refractivity contribution in [3.8, 4) is 0 Å². The van der Waals surface area contributed by atoms with Gasteiger partial charge in [0.1, 0.15) is 5.84 Å². The molecule has 1 N–H and O–H groups in total. The van der Waals surface area contributed by atoms with Gasteiger partial charge in [-0.05, 0) is 48.6 Å². The van der Waals surface area contributed by atoms with E-state index < -0.39 is 0 Å². The number of rotatable bonds is 2. The lowest BCUT2D eigenvalue weighted by Gasteiger charge is -2.42. The second kappa shape index (κ2) is 6.58. The zero-order chi connectivity index (χ0) is 16.4. The Kier molecular flexibility index (Phi) is 4.30. The Bertz CT molecular complexity index is 766. The van der Waals surface area contributed by atoms with E-state index in [-0.39, 0.29) is 5.41 Å². The maximum Gasteiger partial charge on any atom is 0.108 e. The second-order valence-electron chi connectivity index (χ2n) is 6.65. The quantitative estimate of drug-likeness (QED) is 0.859. The molecule has 0 aromatic heterocycles. The number of amidine groups is 1. The smallest absolute Gasteiger partial charge is 0.108 e. The summed E-state index contributed by atoms with van der Waals surface area (Å²) in [7, 11) is 0. The molecule has 124 valence electrons. The third-order valence-corrected chi connectivity index (χ3v) is 5.30. The SMILES string of the molecule is Clc1cccc(CN=C2Nc3ccccc3CC23CCOCC3)c1. The summed E-state index contributed by atoms with van der Waals surface area (Å²) in [6.07, 6.45) is 3.07. The highest BCUT2D eigenvalue weighted by Gasteiger charge is 2.41. The minimum Gasteiger partial charge on any atom is -0.381 e. The van der Waals surface area contributed by atoms with Crippen LogP contribution in [0, 0.1) is 5.41 Å². The average Bonchev–Trinajstić information content (AvgIpc) is 2.61. The molecule has 1 spiro atoms. The second-order valence-corrected chi connectivity index (χ2v) is 7.08. The fourth-order valence-electron chi connectivity index (χ4n) is 3.69. The largest absolute Gasteiger partial charge is 0.381 e. The summed E-state index contributed by atoms with van der Waals surface area (Å²) in [5, 5.41) is 4.36. The van der Waals surface area contributed by atoms with Crippen LogP contribution in [0.15, 0.2) is 53.5 Å². The van der Waals surface area contributed by atoms with Crippen molar-refractivity contribution in [1.29, 1.82) is 0 Å². The first-order valence-electron chi connectivity index (χ1n) is 8.47. The Morgan fingerprint density at radius 1 is 1.08 bits per heavy atom. The van der Waals surface area contributed by atoms with E-state index in [0.717, 1.165) is 48.9 Å². The maximum atomic E-state index is 6.09. The predicted octanol–water partition coefficient (Wildman–Crippen LogP) is 4.70.